The van der Waals surface area contributed by atoms with Crippen LogP contribution in [0, 0.1) is 0 Å². The minimum absolute atomic E-state index is 0.607. The predicted octanol–water partition coefficient (Wildman–Crippen LogP) is 14.5. The van der Waals surface area contributed by atoms with Crippen molar-refractivity contribution in [2.45, 2.75) is 0 Å². The van der Waals surface area contributed by atoms with Gasteiger partial charge in [-0.2, -0.15) is 0 Å². The topological polar surface area (TPSA) is 42.4 Å². The normalized spacial score (nSPS) is 11.6. The molecular formula is C51H32N2O2. The van der Waals surface area contributed by atoms with E-state index in [4.69, 9.17) is 13.8 Å². The van der Waals surface area contributed by atoms with Crippen LogP contribution in [0.4, 0.5) is 17.1 Å². The molecule has 11 rings (SSSR count). The highest BCUT2D eigenvalue weighted by Gasteiger charge is 2.20. The van der Waals surface area contributed by atoms with E-state index in [-0.39, 0.29) is 0 Å². The first kappa shape index (κ1) is 31.1. The fourth-order valence-electron chi connectivity index (χ4n) is 8.04. The summed E-state index contributed by atoms with van der Waals surface area (Å²) in [5.41, 5.74) is 12.0. The molecule has 0 bridgehead atoms. The number of oxazole rings is 1. The van der Waals surface area contributed by atoms with Gasteiger partial charge in [0.1, 0.15) is 16.7 Å². The molecule has 0 saturated heterocycles. The number of fused-ring (bicyclic) bond motifs is 8. The lowest BCUT2D eigenvalue weighted by Gasteiger charge is -2.26. The molecule has 0 spiro atoms. The molecule has 0 aliphatic rings. The number of hydrogen-bond acceptors (Lipinski definition) is 4. The number of furan rings is 1. The third-order valence-corrected chi connectivity index (χ3v) is 10.7. The molecule has 0 radical (unpaired) electrons. The average Bonchev–Trinajstić information content (AvgIpc) is 3.86. The van der Waals surface area contributed by atoms with Gasteiger partial charge >= 0.3 is 0 Å². The number of rotatable bonds is 6. The van der Waals surface area contributed by atoms with Crippen LogP contribution in [0.15, 0.2) is 203 Å². The van der Waals surface area contributed by atoms with Gasteiger partial charge in [-0.25, -0.2) is 4.98 Å². The van der Waals surface area contributed by atoms with Crippen molar-refractivity contribution < 1.29 is 8.83 Å². The number of benzene rings is 9. The molecule has 0 aliphatic heterocycles. The van der Waals surface area contributed by atoms with E-state index >= 15 is 0 Å². The van der Waals surface area contributed by atoms with Crippen molar-refractivity contribution in [2.75, 3.05) is 4.90 Å². The first-order valence-corrected chi connectivity index (χ1v) is 18.5. The molecule has 9 aromatic carbocycles. The maximum atomic E-state index is 6.75. The highest BCUT2D eigenvalue weighted by atomic mass is 16.3. The molecule has 0 unspecified atom stereocenters. The Balaban J connectivity index is 1.15. The van der Waals surface area contributed by atoms with E-state index < -0.39 is 0 Å². The van der Waals surface area contributed by atoms with Crippen molar-refractivity contribution in [3.63, 3.8) is 0 Å². The van der Waals surface area contributed by atoms with Crippen molar-refractivity contribution in [1.29, 1.82) is 0 Å². The molecule has 2 aromatic heterocycles. The number of aromatic nitrogens is 1. The summed E-state index contributed by atoms with van der Waals surface area (Å²) in [5, 5.41) is 6.56. The molecule has 11 aromatic rings. The van der Waals surface area contributed by atoms with Gasteiger partial charge in [0.2, 0.25) is 5.89 Å². The third-order valence-electron chi connectivity index (χ3n) is 10.7. The molecule has 55 heavy (non-hydrogen) atoms. The van der Waals surface area contributed by atoms with Gasteiger partial charge in [-0.15, -0.1) is 0 Å². The summed E-state index contributed by atoms with van der Waals surface area (Å²) < 4.78 is 13.1. The van der Waals surface area contributed by atoms with Crippen molar-refractivity contribution in [3.05, 3.63) is 194 Å². The molecule has 0 amide bonds. The molecule has 4 nitrogen and oxygen atoms in total. The Morgan fingerprint density at radius 2 is 1.00 bits per heavy atom. The monoisotopic (exact) mass is 704 g/mol. The first-order chi connectivity index (χ1) is 27.2. The molecule has 0 saturated carbocycles. The van der Waals surface area contributed by atoms with Crippen LogP contribution in [0.25, 0.3) is 88.3 Å². The van der Waals surface area contributed by atoms with Crippen LogP contribution in [0.1, 0.15) is 0 Å². The predicted molar refractivity (Wildman–Crippen MR) is 227 cm³/mol. The molecular weight excluding hydrogens is 673 g/mol. The van der Waals surface area contributed by atoms with Crippen LogP contribution in [-0.2, 0) is 0 Å². The minimum Gasteiger partial charge on any atom is -0.456 e. The van der Waals surface area contributed by atoms with E-state index in [1.165, 1.54) is 11.1 Å². The molecule has 258 valence electrons. The molecule has 0 aliphatic carbocycles. The van der Waals surface area contributed by atoms with Crippen LogP contribution >= 0.6 is 0 Å². The van der Waals surface area contributed by atoms with E-state index in [1.54, 1.807) is 0 Å². The number of hydrogen-bond donors (Lipinski definition) is 0. The maximum absolute atomic E-state index is 6.75. The van der Waals surface area contributed by atoms with Gasteiger partial charge in [0.05, 0.1) is 0 Å². The summed E-state index contributed by atoms with van der Waals surface area (Å²) >= 11 is 0. The van der Waals surface area contributed by atoms with Crippen molar-refractivity contribution >= 4 is 71.6 Å². The fraction of sp³-hybridized carbons (Fsp3) is 0. The fourth-order valence-corrected chi connectivity index (χ4v) is 8.04. The lowest BCUT2D eigenvalue weighted by molar-refractivity contribution is 0.623. The largest absolute Gasteiger partial charge is 0.456 e. The summed E-state index contributed by atoms with van der Waals surface area (Å²) in [6.07, 6.45) is 0. The summed E-state index contributed by atoms with van der Waals surface area (Å²) in [6, 6.07) is 68.1. The number of nitrogens with zero attached hydrogens (tertiary/aromatic N) is 2. The second kappa shape index (κ2) is 12.6. The quantitative estimate of drug-likeness (QED) is 0.162. The highest BCUT2D eigenvalue weighted by molar-refractivity contribution is 6.23. The van der Waals surface area contributed by atoms with Gasteiger partial charge < -0.3 is 13.7 Å². The minimum atomic E-state index is 0.607. The molecule has 4 heteroatoms. The summed E-state index contributed by atoms with van der Waals surface area (Å²) in [4.78, 5) is 7.30. The first-order valence-electron chi connectivity index (χ1n) is 18.5. The van der Waals surface area contributed by atoms with Crippen LogP contribution in [-0.4, -0.2) is 4.98 Å². The second-order valence-corrected chi connectivity index (χ2v) is 13.9. The maximum Gasteiger partial charge on any atom is 0.227 e. The van der Waals surface area contributed by atoms with Gasteiger partial charge in [-0.05, 0) is 105 Å². The summed E-state index contributed by atoms with van der Waals surface area (Å²) in [7, 11) is 0. The van der Waals surface area contributed by atoms with Gasteiger partial charge in [-0.3, -0.25) is 0 Å². The Bertz CT molecular complexity index is 3180. The van der Waals surface area contributed by atoms with Gasteiger partial charge in [0, 0.05) is 44.9 Å². The van der Waals surface area contributed by atoms with Crippen LogP contribution in [0.2, 0.25) is 0 Å². The second-order valence-electron chi connectivity index (χ2n) is 13.9. The van der Waals surface area contributed by atoms with Crippen LogP contribution in [0.3, 0.4) is 0 Å². The van der Waals surface area contributed by atoms with Crippen molar-refractivity contribution in [1.82, 2.24) is 4.98 Å². The standard InChI is InChI=1S/C51H32N2O2/c1-4-12-33(13-5-1)34-20-22-35(23-21-34)44-30-37-24-25-39(31-45(37)49-43(44)28-29-46-50(49)55-51(52-46)36-14-6-2-7-15-36)53(38-16-8-3-9-17-38)40-26-27-42-41-18-10-11-19-47(41)54-48(42)32-40/h1-32H. The lowest BCUT2D eigenvalue weighted by atomic mass is 9.91. The smallest absolute Gasteiger partial charge is 0.227 e. The lowest BCUT2D eigenvalue weighted by Crippen LogP contribution is -2.09. The van der Waals surface area contributed by atoms with E-state index in [0.29, 0.717) is 5.89 Å². The highest BCUT2D eigenvalue weighted by Crippen LogP contribution is 2.44. The Morgan fingerprint density at radius 1 is 0.382 bits per heavy atom. The molecule has 2 heterocycles. The zero-order chi connectivity index (χ0) is 36.3. The van der Waals surface area contributed by atoms with E-state index in [2.05, 4.69) is 157 Å². The van der Waals surface area contributed by atoms with E-state index in [0.717, 1.165) is 88.3 Å². The van der Waals surface area contributed by atoms with Crippen LogP contribution in [0.5, 0.6) is 0 Å². The SMILES string of the molecule is c1ccc(-c2ccc(-c3cc4ccc(N(c5ccccc5)c5ccc6c(c5)oc5ccccc56)cc4c4c3ccc3nc(-c5ccccc5)oc34)cc2)cc1. The zero-order valence-corrected chi connectivity index (χ0v) is 29.7. The molecule has 0 fully saturated rings. The Morgan fingerprint density at radius 3 is 1.80 bits per heavy atom. The number of para-hydroxylation sites is 2. The molecule has 0 atom stereocenters. The Hall–Kier alpha value is -7.43. The zero-order valence-electron chi connectivity index (χ0n) is 29.7. The molecule has 0 N–H and O–H groups in total. The van der Waals surface area contributed by atoms with Gasteiger partial charge in [0.25, 0.3) is 0 Å². The summed E-state index contributed by atoms with van der Waals surface area (Å²) in [5.74, 6) is 0.607. The van der Waals surface area contributed by atoms with E-state index in [1.807, 2.05) is 42.5 Å². The van der Waals surface area contributed by atoms with Crippen molar-refractivity contribution in [2.24, 2.45) is 0 Å². The third kappa shape index (κ3) is 5.26. The van der Waals surface area contributed by atoms with E-state index in [9.17, 15) is 0 Å². The van der Waals surface area contributed by atoms with Crippen molar-refractivity contribution in [3.8, 4) is 33.7 Å². The van der Waals surface area contributed by atoms with Gasteiger partial charge in [0.15, 0.2) is 5.58 Å². The van der Waals surface area contributed by atoms with Crippen LogP contribution < -0.4 is 4.90 Å². The van der Waals surface area contributed by atoms with Gasteiger partial charge in [-0.1, -0.05) is 121 Å². The average molecular weight is 705 g/mol. The Kier molecular flexibility index (Phi) is 7.14. The summed E-state index contributed by atoms with van der Waals surface area (Å²) in [6.45, 7) is 0. The Labute approximate surface area is 317 Å². The number of anilines is 3.